The van der Waals surface area contributed by atoms with Crippen molar-refractivity contribution in [3.05, 3.63) is 58.7 Å². The molecule has 162 valence electrons. The summed E-state index contributed by atoms with van der Waals surface area (Å²) in [6.45, 7) is 13.9. The minimum absolute atomic E-state index is 0.0903. The van der Waals surface area contributed by atoms with Gasteiger partial charge in [0.1, 0.15) is 0 Å². The molecule has 0 aromatic heterocycles. The normalized spacial score (nSPS) is 23.0. The van der Waals surface area contributed by atoms with Crippen LogP contribution in [0.4, 0.5) is 11.4 Å². The van der Waals surface area contributed by atoms with E-state index < -0.39 is 0 Å². The Morgan fingerprint density at radius 3 is 1.42 bits per heavy atom. The topological polar surface area (TPSA) is 6.48 Å². The molecule has 5 rings (SSSR count). The van der Waals surface area contributed by atoms with E-state index >= 15 is 0 Å². The van der Waals surface area contributed by atoms with Gasteiger partial charge in [-0.15, -0.1) is 0 Å². The van der Waals surface area contributed by atoms with Crippen molar-refractivity contribution in [3.8, 4) is 11.1 Å². The van der Waals surface area contributed by atoms with Gasteiger partial charge in [-0.2, -0.15) is 0 Å². The summed E-state index contributed by atoms with van der Waals surface area (Å²) in [5.41, 5.74) is 14.4. The summed E-state index contributed by atoms with van der Waals surface area (Å²) in [6.07, 6.45) is 7.05. The molecule has 1 aliphatic carbocycles. The average molecular weight is 413 g/mol. The molecule has 31 heavy (non-hydrogen) atoms. The molecule has 2 heterocycles. The van der Waals surface area contributed by atoms with Gasteiger partial charge < -0.3 is 9.80 Å². The van der Waals surface area contributed by atoms with Crippen molar-refractivity contribution in [1.82, 2.24) is 0 Å². The number of hydrogen-bond acceptors (Lipinski definition) is 2. The molecular weight excluding hydrogens is 376 g/mol. The Kier molecular flexibility index (Phi) is 4.45. The molecule has 2 aromatic carbocycles. The number of benzene rings is 2. The van der Waals surface area contributed by atoms with Crippen LogP contribution >= 0.6 is 0 Å². The Hall–Kier alpha value is -2.48. The Labute approximate surface area is 188 Å². The standard InChI is InChI=1S/C29H36N2/c1-9-29(10-2)25-15-27-21(17(3)11-19(5)30(27)7)13-23(25)24-14-22-18(4)12-20(6)31(8)28(22)16-26(24)29/h11-16,19-20H,9-10H2,1-8H3. The van der Waals surface area contributed by atoms with E-state index in [4.69, 9.17) is 0 Å². The van der Waals surface area contributed by atoms with Crippen LogP contribution in [0.25, 0.3) is 22.3 Å². The zero-order valence-corrected chi connectivity index (χ0v) is 20.4. The minimum atomic E-state index is 0.0903. The Morgan fingerprint density at radius 2 is 1.06 bits per heavy atom. The molecule has 0 spiro atoms. The molecule has 2 heteroatoms. The van der Waals surface area contributed by atoms with Crippen molar-refractivity contribution in [2.75, 3.05) is 23.9 Å². The van der Waals surface area contributed by atoms with E-state index in [-0.39, 0.29) is 5.41 Å². The molecule has 0 amide bonds. The number of allylic oxidation sites excluding steroid dienone is 2. The van der Waals surface area contributed by atoms with Gasteiger partial charge in [0.2, 0.25) is 0 Å². The molecule has 2 aromatic rings. The SMILES string of the molecule is CCC1(CC)c2cc3c(cc2-c2cc4c(cc21)N(C)C(C)C=C4C)C(C)=CC(C)N3C. The quantitative estimate of drug-likeness (QED) is 0.512. The van der Waals surface area contributed by atoms with Gasteiger partial charge in [-0.25, -0.2) is 0 Å². The van der Waals surface area contributed by atoms with Crippen LogP contribution in [-0.4, -0.2) is 26.2 Å². The van der Waals surface area contributed by atoms with Gasteiger partial charge in [0.15, 0.2) is 0 Å². The lowest BCUT2D eigenvalue weighted by atomic mass is 9.73. The van der Waals surface area contributed by atoms with E-state index in [9.17, 15) is 0 Å². The molecule has 0 radical (unpaired) electrons. The second-order valence-electron chi connectivity index (χ2n) is 10.0. The number of hydrogen-bond donors (Lipinski definition) is 0. The van der Waals surface area contributed by atoms with Crippen molar-refractivity contribution >= 4 is 22.5 Å². The van der Waals surface area contributed by atoms with Gasteiger partial charge in [-0.3, -0.25) is 0 Å². The minimum Gasteiger partial charge on any atom is -0.368 e. The van der Waals surface area contributed by atoms with Crippen LogP contribution in [0.1, 0.15) is 76.6 Å². The van der Waals surface area contributed by atoms with Gasteiger partial charge in [0, 0.05) is 54.1 Å². The molecular formula is C29H36N2. The summed E-state index contributed by atoms with van der Waals surface area (Å²) in [5.74, 6) is 0. The van der Waals surface area contributed by atoms with Crippen LogP contribution in [0.3, 0.4) is 0 Å². The van der Waals surface area contributed by atoms with Crippen LogP contribution in [0.5, 0.6) is 0 Å². The smallest absolute Gasteiger partial charge is 0.0448 e. The molecule has 0 saturated heterocycles. The van der Waals surface area contributed by atoms with Gasteiger partial charge in [0.05, 0.1) is 0 Å². The van der Waals surface area contributed by atoms with Gasteiger partial charge >= 0.3 is 0 Å². The molecule has 0 fully saturated rings. The first kappa shape index (κ1) is 20.4. The van der Waals surface area contributed by atoms with Crippen molar-refractivity contribution in [2.24, 2.45) is 0 Å². The number of likely N-dealkylation sites (N-methyl/N-ethyl adjacent to an activating group) is 2. The predicted octanol–water partition coefficient (Wildman–Crippen LogP) is 7.26. The van der Waals surface area contributed by atoms with Crippen LogP contribution in [0, 0.1) is 0 Å². The van der Waals surface area contributed by atoms with E-state index in [0.29, 0.717) is 12.1 Å². The fourth-order valence-electron chi connectivity index (χ4n) is 6.35. The largest absolute Gasteiger partial charge is 0.368 e. The van der Waals surface area contributed by atoms with E-state index in [1.165, 1.54) is 55.9 Å². The molecule has 2 aliphatic heterocycles. The number of rotatable bonds is 2. The summed E-state index contributed by atoms with van der Waals surface area (Å²) < 4.78 is 0. The maximum absolute atomic E-state index is 2.53. The van der Waals surface area contributed by atoms with E-state index in [0.717, 1.165) is 12.8 Å². The highest BCUT2D eigenvalue weighted by Gasteiger charge is 2.43. The van der Waals surface area contributed by atoms with Crippen molar-refractivity contribution in [2.45, 2.75) is 71.9 Å². The Balaban J connectivity index is 1.83. The average Bonchev–Trinajstić information content (AvgIpc) is 3.02. The zero-order valence-electron chi connectivity index (χ0n) is 20.4. The third-order valence-corrected chi connectivity index (χ3v) is 8.61. The maximum atomic E-state index is 2.53. The summed E-state index contributed by atoms with van der Waals surface area (Å²) >= 11 is 0. The highest BCUT2D eigenvalue weighted by molar-refractivity contribution is 5.93. The Bertz CT molecular complexity index is 1060. The van der Waals surface area contributed by atoms with Crippen molar-refractivity contribution in [3.63, 3.8) is 0 Å². The number of fused-ring (bicyclic) bond motifs is 5. The first-order valence-corrected chi connectivity index (χ1v) is 11.9. The molecule has 2 atom stereocenters. The summed E-state index contributed by atoms with van der Waals surface area (Å²) in [7, 11) is 4.48. The van der Waals surface area contributed by atoms with Crippen molar-refractivity contribution in [1.29, 1.82) is 0 Å². The highest BCUT2D eigenvalue weighted by Crippen LogP contribution is 2.57. The van der Waals surface area contributed by atoms with Gasteiger partial charge in [-0.1, -0.05) is 26.0 Å². The van der Waals surface area contributed by atoms with Crippen LogP contribution in [0.15, 0.2) is 36.4 Å². The second-order valence-corrected chi connectivity index (χ2v) is 10.0. The molecule has 3 aliphatic rings. The van der Waals surface area contributed by atoms with Gasteiger partial charge in [-0.05, 0) is 98.2 Å². The third-order valence-electron chi connectivity index (χ3n) is 8.61. The lowest BCUT2D eigenvalue weighted by Gasteiger charge is -2.36. The van der Waals surface area contributed by atoms with E-state index in [1.807, 2.05) is 0 Å². The lowest BCUT2D eigenvalue weighted by molar-refractivity contribution is 0.490. The number of nitrogens with zero attached hydrogens (tertiary/aromatic N) is 2. The van der Waals surface area contributed by atoms with E-state index in [1.54, 1.807) is 0 Å². The summed E-state index contributed by atoms with van der Waals surface area (Å²) in [5, 5.41) is 0. The van der Waals surface area contributed by atoms with Crippen LogP contribution < -0.4 is 9.80 Å². The molecule has 2 unspecified atom stereocenters. The third kappa shape index (κ3) is 2.57. The molecule has 2 nitrogen and oxygen atoms in total. The fraction of sp³-hybridized carbons (Fsp3) is 0.448. The maximum Gasteiger partial charge on any atom is 0.0448 e. The van der Waals surface area contributed by atoms with E-state index in [2.05, 4.69) is 102 Å². The molecule has 0 N–H and O–H groups in total. The monoisotopic (exact) mass is 412 g/mol. The summed E-state index contributed by atoms with van der Waals surface area (Å²) in [4.78, 5) is 4.88. The molecule has 0 saturated carbocycles. The van der Waals surface area contributed by atoms with Crippen molar-refractivity contribution < 1.29 is 0 Å². The molecule has 0 bridgehead atoms. The fourth-order valence-corrected chi connectivity index (χ4v) is 6.35. The predicted molar refractivity (Wildman–Crippen MR) is 136 cm³/mol. The van der Waals surface area contributed by atoms with Crippen LogP contribution in [0.2, 0.25) is 0 Å². The summed E-state index contributed by atoms with van der Waals surface area (Å²) in [6, 6.07) is 10.9. The Morgan fingerprint density at radius 1 is 0.677 bits per heavy atom. The van der Waals surface area contributed by atoms with Crippen LogP contribution in [-0.2, 0) is 5.41 Å². The van der Waals surface area contributed by atoms with Gasteiger partial charge in [0.25, 0.3) is 0 Å². The number of anilines is 2. The first-order valence-electron chi connectivity index (χ1n) is 11.9. The zero-order chi connectivity index (χ0) is 22.2. The lowest BCUT2D eigenvalue weighted by Crippen LogP contribution is -2.32. The second kappa shape index (κ2) is 6.76. The highest BCUT2D eigenvalue weighted by atomic mass is 15.1. The first-order chi connectivity index (χ1) is 14.7.